The predicted octanol–water partition coefficient (Wildman–Crippen LogP) is 4.40. The maximum Gasteiger partial charge on any atom is 0.0931 e. The van der Waals surface area contributed by atoms with Crippen LogP contribution in [0.3, 0.4) is 0 Å². The molecule has 2 nitrogen and oxygen atoms in total. The largest absolute Gasteiger partial charge is 0.342 e. The second-order valence-electron chi connectivity index (χ2n) is 4.07. The third-order valence-corrected chi connectivity index (χ3v) is 4.17. The van der Waals surface area contributed by atoms with Crippen LogP contribution in [0.5, 0.6) is 0 Å². The number of halogens is 1. The van der Waals surface area contributed by atoms with Gasteiger partial charge in [-0.3, -0.25) is 0 Å². The van der Waals surface area contributed by atoms with E-state index >= 15 is 0 Å². The number of hydrogen-bond acceptors (Lipinski definition) is 2. The van der Waals surface area contributed by atoms with Gasteiger partial charge in [-0.2, -0.15) is 0 Å². The zero-order chi connectivity index (χ0) is 12.5. The molecule has 1 aromatic carbocycles. The molecule has 3 rings (SSSR count). The molecule has 0 aliphatic carbocycles. The summed E-state index contributed by atoms with van der Waals surface area (Å²) in [5, 5.41) is 8.53. The molecule has 0 aliphatic heterocycles. The monoisotopic (exact) mass is 274 g/mol. The van der Waals surface area contributed by atoms with Gasteiger partial charge in [0.25, 0.3) is 0 Å². The fourth-order valence-corrected chi connectivity index (χ4v) is 3.20. The van der Waals surface area contributed by atoms with Crippen molar-refractivity contribution in [2.75, 3.05) is 0 Å². The molecule has 0 unspecified atom stereocenters. The van der Waals surface area contributed by atoms with Gasteiger partial charge >= 0.3 is 0 Å². The molecule has 3 aromatic rings. The summed E-state index contributed by atoms with van der Waals surface area (Å²) in [6, 6.07) is 12.1. The molecule has 0 saturated heterocycles. The third kappa shape index (κ3) is 1.96. The molecule has 0 radical (unpaired) electrons. The summed E-state index contributed by atoms with van der Waals surface area (Å²) in [7, 11) is 0. The Kier molecular flexibility index (Phi) is 2.94. The van der Waals surface area contributed by atoms with Gasteiger partial charge in [-0.05, 0) is 24.3 Å². The number of aromatic nitrogens is 1. The molecule has 0 atom stereocenters. The van der Waals surface area contributed by atoms with Gasteiger partial charge in [0.2, 0.25) is 0 Å². The average molecular weight is 275 g/mol. The van der Waals surface area contributed by atoms with Crippen molar-refractivity contribution in [3.05, 3.63) is 57.4 Å². The van der Waals surface area contributed by atoms with Gasteiger partial charge in [0.15, 0.2) is 0 Å². The highest BCUT2D eigenvalue weighted by Crippen LogP contribution is 2.25. The third-order valence-electron chi connectivity index (χ3n) is 2.96. The molecule has 18 heavy (non-hydrogen) atoms. The SMILES string of the molecule is N=Cc1cccc2c1ccn2Cc1ccc(Cl)s1. The maximum atomic E-state index is 7.41. The van der Waals surface area contributed by atoms with Crippen LogP contribution in [-0.2, 0) is 6.54 Å². The Morgan fingerprint density at radius 2 is 2.11 bits per heavy atom. The second kappa shape index (κ2) is 4.59. The first kappa shape index (κ1) is 11.5. The number of nitrogens with one attached hydrogen (secondary N) is 1. The van der Waals surface area contributed by atoms with E-state index in [0.29, 0.717) is 0 Å². The Morgan fingerprint density at radius 3 is 2.83 bits per heavy atom. The summed E-state index contributed by atoms with van der Waals surface area (Å²) in [5.74, 6) is 0. The van der Waals surface area contributed by atoms with E-state index in [4.69, 9.17) is 17.0 Å². The van der Waals surface area contributed by atoms with Gasteiger partial charge in [-0.1, -0.05) is 23.7 Å². The number of rotatable bonds is 3. The summed E-state index contributed by atoms with van der Waals surface area (Å²) < 4.78 is 3.01. The summed E-state index contributed by atoms with van der Waals surface area (Å²) in [4.78, 5) is 1.23. The Bertz CT molecular complexity index is 711. The lowest BCUT2D eigenvalue weighted by molar-refractivity contribution is 0.851. The van der Waals surface area contributed by atoms with E-state index in [0.717, 1.165) is 27.3 Å². The molecule has 0 bridgehead atoms. The second-order valence-corrected chi connectivity index (χ2v) is 5.87. The summed E-state index contributed by atoms with van der Waals surface area (Å²) in [6.07, 6.45) is 3.46. The van der Waals surface area contributed by atoms with Crippen LogP contribution in [0.1, 0.15) is 10.4 Å². The van der Waals surface area contributed by atoms with Crippen molar-refractivity contribution in [2.24, 2.45) is 0 Å². The van der Waals surface area contributed by atoms with Gasteiger partial charge in [-0.15, -0.1) is 11.3 Å². The molecule has 0 saturated carbocycles. The molecule has 4 heteroatoms. The van der Waals surface area contributed by atoms with Gasteiger partial charge in [0.05, 0.1) is 10.9 Å². The minimum absolute atomic E-state index is 0.821. The van der Waals surface area contributed by atoms with Crippen LogP contribution in [-0.4, -0.2) is 10.8 Å². The highest BCUT2D eigenvalue weighted by molar-refractivity contribution is 7.16. The highest BCUT2D eigenvalue weighted by atomic mass is 35.5. The average Bonchev–Trinajstić information content (AvgIpc) is 2.97. The first-order valence-corrected chi connectivity index (χ1v) is 6.80. The summed E-state index contributed by atoms with van der Waals surface area (Å²) in [5.41, 5.74) is 2.11. The van der Waals surface area contributed by atoms with Gasteiger partial charge in [0, 0.05) is 33.8 Å². The van der Waals surface area contributed by atoms with E-state index in [1.54, 1.807) is 11.3 Å². The van der Waals surface area contributed by atoms with Crippen LogP contribution in [0, 0.1) is 5.41 Å². The minimum Gasteiger partial charge on any atom is -0.342 e. The van der Waals surface area contributed by atoms with E-state index < -0.39 is 0 Å². The molecule has 0 amide bonds. The number of nitrogens with zero attached hydrogens (tertiary/aromatic N) is 1. The van der Waals surface area contributed by atoms with E-state index in [1.165, 1.54) is 11.1 Å². The Balaban J connectivity index is 2.05. The Morgan fingerprint density at radius 1 is 1.22 bits per heavy atom. The van der Waals surface area contributed by atoms with E-state index in [9.17, 15) is 0 Å². The van der Waals surface area contributed by atoms with Crippen molar-refractivity contribution < 1.29 is 0 Å². The van der Waals surface area contributed by atoms with Crippen LogP contribution in [0.25, 0.3) is 10.9 Å². The zero-order valence-electron chi connectivity index (χ0n) is 9.56. The number of fused-ring (bicyclic) bond motifs is 1. The van der Waals surface area contributed by atoms with Gasteiger partial charge in [0.1, 0.15) is 0 Å². The van der Waals surface area contributed by atoms with Gasteiger partial charge < -0.3 is 9.98 Å². The smallest absolute Gasteiger partial charge is 0.0931 e. The van der Waals surface area contributed by atoms with Crippen LogP contribution in [0.4, 0.5) is 0 Å². The lowest BCUT2D eigenvalue weighted by Crippen LogP contribution is -1.95. The Hall–Kier alpha value is -1.58. The van der Waals surface area contributed by atoms with Gasteiger partial charge in [-0.25, -0.2) is 0 Å². The molecule has 2 aromatic heterocycles. The van der Waals surface area contributed by atoms with Crippen molar-refractivity contribution in [2.45, 2.75) is 6.54 Å². The Labute approximate surface area is 114 Å². The molecule has 90 valence electrons. The molecular weight excluding hydrogens is 264 g/mol. The fraction of sp³-hybridized carbons (Fsp3) is 0.0714. The lowest BCUT2D eigenvalue weighted by atomic mass is 10.1. The number of thiophene rings is 1. The molecule has 1 N–H and O–H groups in total. The van der Waals surface area contributed by atoms with E-state index in [-0.39, 0.29) is 0 Å². The molecule has 2 heterocycles. The normalized spacial score (nSPS) is 10.9. The highest BCUT2D eigenvalue weighted by Gasteiger charge is 2.05. The topological polar surface area (TPSA) is 28.8 Å². The quantitative estimate of drug-likeness (QED) is 0.686. The maximum absolute atomic E-state index is 7.41. The molecule has 0 spiro atoms. The van der Waals surface area contributed by atoms with Crippen molar-refractivity contribution in [1.82, 2.24) is 4.57 Å². The van der Waals surface area contributed by atoms with Crippen LogP contribution in [0.2, 0.25) is 4.34 Å². The van der Waals surface area contributed by atoms with Crippen molar-refractivity contribution in [3.63, 3.8) is 0 Å². The van der Waals surface area contributed by atoms with E-state index in [2.05, 4.69) is 29.0 Å². The predicted molar refractivity (Wildman–Crippen MR) is 78.3 cm³/mol. The van der Waals surface area contributed by atoms with E-state index in [1.807, 2.05) is 18.2 Å². The number of benzene rings is 1. The molecular formula is C14H11ClN2S. The zero-order valence-corrected chi connectivity index (χ0v) is 11.1. The van der Waals surface area contributed by atoms with Crippen LogP contribution < -0.4 is 0 Å². The molecule has 0 aliphatic rings. The summed E-state index contributed by atoms with van der Waals surface area (Å²) in [6.45, 7) is 0.822. The number of hydrogen-bond donors (Lipinski definition) is 1. The lowest BCUT2D eigenvalue weighted by Gasteiger charge is -2.04. The van der Waals surface area contributed by atoms with Crippen molar-refractivity contribution in [3.8, 4) is 0 Å². The fourth-order valence-electron chi connectivity index (χ4n) is 2.12. The van der Waals surface area contributed by atoms with Crippen molar-refractivity contribution in [1.29, 1.82) is 5.41 Å². The van der Waals surface area contributed by atoms with Crippen LogP contribution >= 0.6 is 22.9 Å². The molecule has 0 fully saturated rings. The van der Waals surface area contributed by atoms with Crippen LogP contribution in [0.15, 0.2) is 42.6 Å². The summed E-state index contributed by atoms with van der Waals surface area (Å²) >= 11 is 7.55. The minimum atomic E-state index is 0.821. The first-order valence-electron chi connectivity index (χ1n) is 5.60. The first-order chi connectivity index (χ1) is 8.78. The standard InChI is InChI=1S/C14H11ClN2S/c15-14-5-4-11(18-14)9-17-7-6-12-10(8-16)2-1-3-13(12)17/h1-8,16H,9H2. The van der Waals surface area contributed by atoms with Crippen molar-refractivity contribution >= 4 is 40.1 Å².